The normalized spacial score (nSPS) is 11.8. The summed E-state index contributed by atoms with van der Waals surface area (Å²) in [5.41, 5.74) is 2.82. The maximum Gasteiger partial charge on any atom is 0.196 e. The Morgan fingerprint density at radius 2 is 1.78 bits per heavy atom. The van der Waals surface area contributed by atoms with Gasteiger partial charge >= 0.3 is 0 Å². The van der Waals surface area contributed by atoms with Crippen LogP contribution < -0.4 is 0 Å². The van der Waals surface area contributed by atoms with Crippen molar-refractivity contribution in [1.29, 1.82) is 0 Å². The molecule has 118 valence electrons. The van der Waals surface area contributed by atoms with Crippen molar-refractivity contribution in [2.75, 3.05) is 0 Å². The van der Waals surface area contributed by atoms with E-state index < -0.39 is 0 Å². The number of fused-ring (bicyclic) bond motifs is 1. The van der Waals surface area contributed by atoms with E-state index in [0.29, 0.717) is 22.1 Å². The third-order valence-corrected chi connectivity index (χ3v) is 4.09. The van der Waals surface area contributed by atoms with Crippen molar-refractivity contribution < 1.29 is 14.3 Å². The minimum atomic E-state index is -0.284. The van der Waals surface area contributed by atoms with Gasteiger partial charge in [0, 0.05) is 11.1 Å². The molecule has 0 aliphatic rings. The molecule has 0 atom stereocenters. The number of phenols is 1. The number of benzene rings is 2. The highest BCUT2D eigenvalue weighted by Gasteiger charge is 2.26. The van der Waals surface area contributed by atoms with Crippen molar-refractivity contribution in [1.82, 2.24) is 0 Å². The Hall–Kier alpha value is -2.55. The molecule has 1 aromatic heterocycles. The molecule has 3 rings (SSSR count). The summed E-state index contributed by atoms with van der Waals surface area (Å²) in [6, 6.07) is 10.9. The van der Waals surface area contributed by atoms with Crippen LogP contribution in [0.3, 0.4) is 0 Å². The zero-order valence-corrected chi connectivity index (χ0v) is 13.8. The Kier molecular flexibility index (Phi) is 3.52. The lowest BCUT2D eigenvalue weighted by Crippen LogP contribution is -2.13. The van der Waals surface area contributed by atoms with E-state index in [4.69, 9.17) is 4.42 Å². The second-order valence-corrected chi connectivity index (χ2v) is 6.89. The summed E-state index contributed by atoms with van der Waals surface area (Å²) in [7, 11) is 0. The van der Waals surface area contributed by atoms with Gasteiger partial charge in [-0.05, 0) is 24.0 Å². The molecule has 1 heterocycles. The molecule has 0 spiro atoms. The zero-order valence-electron chi connectivity index (χ0n) is 13.8. The van der Waals surface area contributed by atoms with Gasteiger partial charge in [0.05, 0.1) is 17.2 Å². The molecule has 0 aliphatic carbocycles. The Morgan fingerprint density at radius 3 is 2.39 bits per heavy atom. The SMILES string of the molecule is Cc1coc2c(C(=O)c3ccccc3)cc(C(C)(C)C)c(O)c12. The van der Waals surface area contributed by atoms with Gasteiger partial charge in [0.15, 0.2) is 5.78 Å². The molecule has 0 saturated carbocycles. The first-order valence-electron chi connectivity index (χ1n) is 7.64. The molecular formula is C20H20O3. The number of hydrogen-bond acceptors (Lipinski definition) is 3. The van der Waals surface area contributed by atoms with Gasteiger partial charge in [-0.2, -0.15) is 0 Å². The highest BCUT2D eigenvalue weighted by atomic mass is 16.3. The number of rotatable bonds is 2. The van der Waals surface area contributed by atoms with Crippen LogP contribution in [0.2, 0.25) is 0 Å². The van der Waals surface area contributed by atoms with Gasteiger partial charge in [-0.3, -0.25) is 4.79 Å². The van der Waals surface area contributed by atoms with Gasteiger partial charge in [0.25, 0.3) is 0 Å². The monoisotopic (exact) mass is 308 g/mol. The number of ketones is 1. The maximum atomic E-state index is 12.9. The fourth-order valence-electron chi connectivity index (χ4n) is 2.84. The molecule has 1 N–H and O–H groups in total. The van der Waals surface area contributed by atoms with E-state index in [1.165, 1.54) is 0 Å². The first-order chi connectivity index (χ1) is 10.8. The molecule has 0 radical (unpaired) electrons. The second kappa shape index (κ2) is 5.27. The van der Waals surface area contributed by atoms with E-state index in [1.807, 2.05) is 45.9 Å². The summed E-state index contributed by atoms with van der Waals surface area (Å²) >= 11 is 0. The number of aryl methyl sites for hydroxylation is 1. The number of furan rings is 1. The van der Waals surface area contributed by atoms with Gasteiger partial charge in [0.2, 0.25) is 0 Å². The first kappa shape index (κ1) is 15.3. The van der Waals surface area contributed by atoms with Crippen LogP contribution in [0.5, 0.6) is 5.75 Å². The summed E-state index contributed by atoms with van der Waals surface area (Å²) in [4.78, 5) is 12.9. The van der Waals surface area contributed by atoms with E-state index in [2.05, 4.69) is 0 Å². The number of aromatic hydroxyl groups is 1. The van der Waals surface area contributed by atoms with Crippen LogP contribution in [0.15, 0.2) is 47.1 Å². The Morgan fingerprint density at radius 1 is 1.13 bits per heavy atom. The van der Waals surface area contributed by atoms with Crippen LogP contribution in [0.1, 0.15) is 47.8 Å². The van der Waals surface area contributed by atoms with E-state index >= 15 is 0 Å². The lowest BCUT2D eigenvalue weighted by Gasteiger charge is -2.22. The summed E-state index contributed by atoms with van der Waals surface area (Å²) in [5.74, 6) is 0.0961. The van der Waals surface area contributed by atoms with Gasteiger partial charge in [-0.1, -0.05) is 51.1 Å². The molecule has 0 unspecified atom stereocenters. The van der Waals surface area contributed by atoms with Crippen molar-refractivity contribution in [3.63, 3.8) is 0 Å². The van der Waals surface area contributed by atoms with Gasteiger partial charge in [-0.15, -0.1) is 0 Å². The smallest absolute Gasteiger partial charge is 0.196 e. The molecule has 3 nitrogen and oxygen atoms in total. The Labute approximate surface area is 135 Å². The predicted molar refractivity (Wildman–Crippen MR) is 91.2 cm³/mol. The van der Waals surface area contributed by atoms with Crippen LogP contribution in [0, 0.1) is 6.92 Å². The number of phenolic OH excluding ortho intramolecular Hbond substituents is 1. The molecule has 3 heteroatoms. The van der Waals surface area contributed by atoms with Crippen LogP contribution in [0.25, 0.3) is 11.0 Å². The average molecular weight is 308 g/mol. The molecule has 0 bridgehead atoms. The van der Waals surface area contributed by atoms with Crippen LogP contribution >= 0.6 is 0 Å². The standard InChI is InChI=1S/C20H20O3/c1-12-11-23-19-14(17(21)13-8-6-5-7-9-13)10-15(20(2,3)4)18(22)16(12)19/h5-11,22H,1-4H3. The quantitative estimate of drug-likeness (QED) is 0.680. The van der Waals surface area contributed by atoms with E-state index in [1.54, 1.807) is 24.5 Å². The Bertz CT molecular complexity index is 881. The fourth-order valence-corrected chi connectivity index (χ4v) is 2.84. The molecule has 2 aromatic carbocycles. The third kappa shape index (κ3) is 2.52. The van der Waals surface area contributed by atoms with Crippen LogP contribution in [0.4, 0.5) is 0 Å². The first-order valence-corrected chi connectivity index (χ1v) is 7.64. The van der Waals surface area contributed by atoms with Gasteiger partial charge in [-0.25, -0.2) is 0 Å². The van der Waals surface area contributed by atoms with E-state index in [-0.39, 0.29) is 16.9 Å². The molecular weight excluding hydrogens is 288 g/mol. The largest absolute Gasteiger partial charge is 0.507 e. The highest BCUT2D eigenvalue weighted by molar-refractivity contribution is 6.16. The zero-order chi connectivity index (χ0) is 16.8. The summed E-state index contributed by atoms with van der Waals surface area (Å²) in [6.45, 7) is 7.91. The topological polar surface area (TPSA) is 50.4 Å². The van der Waals surface area contributed by atoms with Gasteiger partial charge in [0.1, 0.15) is 11.3 Å². The number of carbonyl (C=O) groups excluding carboxylic acids is 1. The minimum Gasteiger partial charge on any atom is -0.507 e. The Balaban J connectivity index is 2.33. The summed E-state index contributed by atoms with van der Waals surface area (Å²) in [5, 5.41) is 11.3. The van der Waals surface area contributed by atoms with E-state index in [9.17, 15) is 9.90 Å². The average Bonchev–Trinajstić information content (AvgIpc) is 2.89. The molecule has 0 amide bonds. The summed E-state index contributed by atoms with van der Waals surface area (Å²) < 4.78 is 5.59. The lowest BCUT2D eigenvalue weighted by atomic mass is 9.83. The van der Waals surface area contributed by atoms with E-state index in [0.717, 1.165) is 11.1 Å². The molecule has 0 fully saturated rings. The maximum absolute atomic E-state index is 12.9. The predicted octanol–water partition coefficient (Wildman–Crippen LogP) is 4.98. The molecule has 0 saturated heterocycles. The van der Waals surface area contributed by atoms with Crippen molar-refractivity contribution in [2.45, 2.75) is 33.1 Å². The van der Waals surface area contributed by atoms with Crippen LogP contribution in [-0.2, 0) is 5.41 Å². The molecule has 23 heavy (non-hydrogen) atoms. The fraction of sp³-hybridized carbons (Fsp3) is 0.250. The number of carbonyl (C=O) groups is 1. The highest BCUT2D eigenvalue weighted by Crippen LogP contribution is 2.41. The van der Waals surface area contributed by atoms with Crippen molar-refractivity contribution >= 4 is 16.8 Å². The van der Waals surface area contributed by atoms with Crippen LogP contribution in [-0.4, -0.2) is 10.9 Å². The minimum absolute atomic E-state index is 0.101. The van der Waals surface area contributed by atoms with Crippen molar-refractivity contribution in [3.05, 3.63) is 64.9 Å². The van der Waals surface area contributed by atoms with Gasteiger partial charge < -0.3 is 9.52 Å². The molecule has 0 aliphatic heterocycles. The third-order valence-electron chi connectivity index (χ3n) is 4.09. The molecule has 3 aromatic rings. The summed E-state index contributed by atoms with van der Waals surface area (Å²) in [6.07, 6.45) is 1.58. The van der Waals surface area contributed by atoms with Crippen molar-refractivity contribution in [2.24, 2.45) is 0 Å². The second-order valence-electron chi connectivity index (χ2n) is 6.89. The van der Waals surface area contributed by atoms with Crippen molar-refractivity contribution in [3.8, 4) is 5.75 Å². The lowest BCUT2D eigenvalue weighted by molar-refractivity contribution is 0.103. The number of hydrogen-bond donors (Lipinski definition) is 1.